The van der Waals surface area contributed by atoms with Gasteiger partial charge in [0.05, 0.1) is 11.4 Å². The molecule has 9 rings (SSSR count). The van der Waals surface area contributed by atoms with Crippen molar-refractivity contribution in [1.82, 2.24) is 9.97 Å². The zero-order valence-corrected chi connectivity index (χ0v) is 25.5. The van der Waals surface area contributed by atoms with Crippen LogP contribution >= 0.6 is 0 Å². The lowest BCUT2D eigenvalue weighted by atomic mass is 9.95. The Morgan fingerprint density at radius 1 is 0.319 bits per heavy atom. The number of benzene rings is 7. The van der Waals surface area contributed by atoms with Crippen molar-refractivity contribution >= 4 is 32.7 Å². The highest BCUT2D eigenvalue weighted by molar-refractivity contribution is 6.20. The van der Waals surface area contributed by atoms with E-state index in [0.29, 0.717) is 5.82 Å². The standard InChI is InChI=1S/C44H28N2O/c1-4-14-29(15-5-1)32-20-12-21-33(26-32)34-24-13-25-37-39-27-38(35-22-10-11-23-36(35)43(39)47-42(34)37)41-28-40(30-16-6-2-7-17-30)45-44(46-41)31-18-8-3-9-19-31/h1-28H. The minimum Gasteiger partial charge on any atom is -0.455 e. The molecule has 0 fully saturated rings. The van der Waals surface area contributed by atoms with E-state index in [1.54, 1.807) is 0 Å². The Morgan fingerprint density at radius 2 is 0.872 bits per heavy atom. The second kappa shape index (κ2) is 11.2. The Morgan fingerprint density at radius 3 is 1.64 bits per heavy atom. The molecule has 0 aliphatic carbocycles. The summed E-state index contributed by atoms with van der Waals surface area (Å²) < 4.78 is 6.84. The third-order valence-electron chi connectivity index (χ3n) is 8.89. The molecule has 0 amide bonds. The van der Waals surface area contributed by atoms with Gasteiger partial charge in [-0.15, -0.1) is 0 Å². The minimum absolute atomic E-state index is 0.698. The topological polar surface area (TPSA) is 38.9 Å². The number of hydrogen-bond acceptors (Lipinski definition) is 3. The highest BCUT2D eigenvalue weighted by Gasteiger charge is 2.19. The summed E-state index contributed by atoms with van der Waals surface area (Å²) in [6.07, 6.45) is 0. The average Bonchev–Trinajstić information content (AvgIpc) is 3.55. The van der Waals surface area contributed by atoms with Gasteiger partial charge in [0.25, 0.3) is 0 Å². The van der Waals surface area contributed by atoms with Crippen molar-refractivity contribution in [1.29, 1.82) is 0 Å². The van der Waals surface area contributed by atoms with Gasteiger partial charge in [-0.2, -0.15) is 0 Å². The lowest BCUT2D eigenvalue weighted by Gasteiger charge is -2.12. The van der Waals surface area contributed by atoms with Gasteiger partial charge in [-0.25, -0.2) is 9.97 Å². The summed E-state index contributed by atoms with van der Waals surface area (Å²) in [7, 11) is 0. The van der Waals surface area contributed by atoms with E-state index in [1.165, 1.54) is 11.1 Å². The van der Waals surface area contributed by atoms with E-state index in [9.17, 15) is 0 Å². The molecule has 0 saturated heterocycles. The third-order valence-corrected chi connectivity index (χ3v) is 8.89. The van der Waals surface area contributed by atoms with Crippen molar-refractivity contribution < 1.29 is 4.42 Å². The summed E-state index contributed by atoms with van der Waals surface area (Å²) >= 11 is 0. The summed E-state index contributed by atoms with van der Waals surface area (Å²) in [5.74, 6) is 0.698. The van der Waals surface area contributed by atoms with Crippen LogP contribution in [0.3, 0.4) is 0 Å². The van der Waals surface area contributed by atoms with Crippen LogP contribution in [0.4, 0.5) is 0 Å². The maximum atomic E-state index is 6.84. The molecule has 0 atom stereocenters. The molecule has 7 aromatic carbocycles. The first-order valence-electron chi connectivity index (χ1n) is 15.8. The van der Waals surface area contributed by atoms with E-state index in [-0.39, 0.29) is 0 Å². The quantitative estimate of drug-likeness (QED) is 0.197. The number of furan rings is 1. The van der Waals surface area contributed by atoms with Gasteiger partial charge in [0.2, 0.25) is 0 Å². The molecular formula is C44H28N2O. The van der Waals surface area contributed by atoms with Gasteiger partial charge in [-0.05, 0) is 40.3 Å². The zero-order chi connectivity index (χ0) is 31.2. The molecule has 0 aliphatic rings. The fourth-order valence-corrected chi connectivity index (χ4v) is 6.61. The number of hydrogen-bond donors (Lipinski definition) is 0. The van der Waals surface area contributed by atoms with Crippen molar-refractivity contribution in [3.05, 3.63) is 170 Å². The van der Waals surface area contributed by atoms with E-state index < -0.39 is 0 Å². The molecular weight excluding hydrogens is 572 g/mol. The molecule has 220 valence electrons. The largest absolute Gasteiger partial charge is 0.455 e. The lowest BCUT2D eigenvalue weighted by molar-refractivity contribution is 0.674. The summed E-state index contributed by atoms with van der Waals surface area (Å²) in [5.41, 5.74) is 11.2. The van der Waals surface area contributed by atoms with Gasteiger partial charge in [0.1, 0.15) is 11.2 Å². The predicted octanol–water partition coefficient (Wildman–Crippen LogP) is 11.9. The molecule has 2 heterocycles. The number of rotatable bonds is 5. The second-order valence-corrected chi connectivity index (χ2v) is 11.8. The predicted molar refractivity (Wildman–Crippen MR) is 194 cm³/mol. The van der Waals surface area contributed by atoms with E-state index in [0.717, 1.165) is 71.9 Å². The van der Waals surface area contributed by atoms with Crippen molar-refractivity contribution in [3.63, 3.8) is 0 Å². The Labute approximate surface area is 272 Å². The van der Waals surface area contributed by atoms with Crippen LogP contribution in [0.5, 0.6) is 0 Å². The number of para-hydroxylation sites is 1. The lowest BCUT2D eigenvalue weighted by Crippen LogP contribution is -1.96. The van der Waals surface area contributed by atoms with E-state index in [4.69, 9.17) is 14.4 Å². The molecule has 0 unspecified atom stereocenters. The van der Waals surface area contributed by atoms with Crippen molar-refractivity contribution in [2.45, 2.75) is 0 Å². The van der Waals surface area contributed by atoms with Crippen molar-refractivity contribution in [2.75, 3.05) is 0 Å². The molecule has 2 aromatic heterocycles. The van der Waals surface area contributed by atoms with E-state index >= 15 is 0 Å². The van der Waals surface area contributed by atoms with Gasteiger partial charge < -0.3 is 4.42 Å². The van der Waals surface area contributed by atoms with Crippen molar-refractivity contribution in [2.24, 2.45) is 0 Å². The molecule has 0 N–H and O–H groups in total. The fraction of sp³-hybridized carbons (Fsp3) is 0. The summed E-state index contributed by atoms with van der Waals surface area (Å²) in [6, 6.07) is 59.0. The molecule has 0 radical (unpaired) electrons. The highest BCUT2D eigenvalue weighted by atomic mass is 16.3. The third kappa shape index (κ3) is 4.77. The molecule has 0 bridgehead atoms. The van der Waals surface area contributed by atoms with Crippen LogP contribution in [0.2, 0.25) is 0 Å². The monoisotopic (exact) mass is 600 g/mol. The maximum Gasteiger partial charge on any atom is 0.160 e. The van der Waals surface area contributed by atoms with Crippen molar-refractivity contribution in [3.8, 4) is 56.2 Å². The van der Waals surface area contributed by atoms with Gasteiger partial charge in [0.15, 0.2) is 5.82 Å². The van der Waals surface area contributed by atoms with Crippen LogP contribution in [0.1, 0.15) is 0 Å². The number of nitrogens with zero attached hydrogens (tertiary/aromatic N) is 2. The molecule has 3 nitrogen and oxygen atoms in total. The Balaban J connectivity index is 1.29. The van der Waals surface area contributed by atoms with Crippen LogP contribution in [-0.2, 0) is 0 Å². The maximum absolute atomic E-state index is 6.84. The first-order valence-corrected chi connectivity index (χ1v) is 15.8. The molecule has 0 spiro atoms. The van der Waals surface area contributed by atoms with E-state index in [1.807, 2.05) is 42.5 Å². The van der Waals surface area contributed by atoms with Crippen LogP contribution in [0.15, 0.2) is 174 Å². The summed E-state index contributed by atoms with van der Waals surface area (Å²) in [6.45, 7) is 0. The zero-order valence-electron chi connectivity index (χ0n) is 25.5. The molecule has 47 heavy (non-hydrogen) atoms. The molecule has 3 heteroatoms. The number of aromatic nitrogens is 2. The first kappa shape index (κ1) is 27.0. The Kier molecular flexibility index (Phi) is 6.46. The van der Waals surface area contributed by atoms with Gasteiger partial charge in [-0.1, -0.05) is 152 Å². The smallest absolute Gasteiger partial charge is 0.160 e. The van der Waals surface area contributed by atoms with Crippen LogP contribution < -0.4 is 0 Å². The Bertz CT molecular complexity index is 2500. The van der Waals surface area contributed by atoms with Gasteiger partial charge in [0, 0.05) is 38.4 Å². The van der Waals surface area contributed by atoms with Crippen LogP contribution in [0, 0.1) is 0 Å². The Hall–Kier alpha value is -6.32. The highest BCUT2D eigenvalue weighted by Crippen LogP contribution is 2.43. The fourth-order valence-electron chi connectivity index (χ4n) is 6.61. The van der Waals surface area contributed by atoms with Gasteiger partial charge >= 0.3 is 0 Å². The second-order valence-electron chi connectivity index (χ2n) is 11.8. The van der Waals surface area contributed by atoms with E-state index in [2.05, 4.69) is 127 Å². The SMILES string of the molecule is c1ccc(-c2cccc(-c3cccc4c3oc3c5ccccc5c(-c5cc(-c6ccccc6)nc(-c6ccccc6)n5)cc43)c2)cc1. The normalized spacial score (nSPS) is 11.4. The molecule has 0 aliphatic heterocycles. The molecule has 9 aromatic rings. The first-order chi connectivity index (χ1) is 23.3. The number of fused-ring (bicyclic) bond motifs is 5. The van der Waals surface area contributed by atoms with Crippen LogP contribution in [0.25, 0.3) is 88.9 Å². The van der Waals surface area contributed by atoms with Gasteiger partial charge in [-0.3, -0.25) is 0 Å². The average molecular weight is 601 g/mol. The summed E-state index contributed by atoms with van der Waals surface area (Å²) in [5, 5.41) is 4.29. The van der Waals surface area contributed by atoms with Crippen LogP contribution in [-0.4, -0.2) is 9.97 Å². The molecule has 0 saturated carbocycles. The summed E-state index contributed by atoms with van der Waals surface area (Å²) in [4.78, 5) is 10.2. The minimum atomic E-state index is 0.698.